The van der Waals surface area contributed by atoms with Crippen molar-refractivity contribution in [1.29, 1.82) is 0 Å². The summed E-state index contributed by atoms with van der Waals surface area (Å²) in [6, 6.07) is 10.5. The second-order valence-corrected chi connectivity index (χ2v) is 9.97. The second kappa shape index (κ2) is 10.1. The van der Waals surface area contributed by atoms with Crippen molar-refractivity contribution >= 4 is 29.5 Å². The number of aromatic nitrogens is 1. The van der Waals surface area contributed by atoms with Gasteiger partial charge in [0.15, 0.2) is 0 Å². The molecule has 0 spiro atoms. The van der Waals surface area contributed by atoms with Gasteiger partial charge in [0.2, 0.25) is 11.8 Å². The van der Waals surface area contributed by atoms with Crippen molar-refractivity contribution in [1.82, 2.24) is 20.1 Å². The highest BCUT2D eigenvalue weighted by atomic mass is 35.5. The molecule has 8 nitrogen and oxygen atoms in total. The molecule has 2 saturated heterocycles. The quantitative estimate of drug-likeness (QED) is 0.652. The van der Waals surface area contributed by atoms with E-state index in [4.69, 9.17) is 16.3 Å². The van der Waals surface area contributed by atoms with Crippen molar-refractivity contribution in [2.75, 3.05) is 26.2 Å². The smallest absolute Gasteiger partial charge is 0.410 e. The number of carbonyl (C=O) groups is 3. The highest BCUT2D eigenvalue weighted by Crippen LogP contribution is 2.31. The molecule has 1 aromatic carbocycles. The molecule has 2 aromatic rings. The maximum absolute atomic E-state index is 12.9. The first-order valence-electron chi connectivity index (χ1n) is 11.4. The van der Waals surface area contributed by atoms with Gasteiger partial charge in [-0.1, -0.05) is 37.6 Å². The lowest BCUT2D eigenvalue weighted by Crippen LogP contribution is -2.49. The van der Waals surface area contributed by atoms with Crippen LogP contribution in [0, 0.1) is 5.41 Å². The summed E-state index contributed by atoms with van der Waals surface area (Å²) >= 11 is 5.94. The van der Waals surface area contributed by atoms with Crippen molar-refractivity contribution in [2.24, 2.45) is 5.41 Å². The number of amides is 3. The zero-order valence-corrected chi connectivity index (χ0v) is 20.2. The molecule has 34 heavy (non-hydrogen) atoms. The van der Waals surface area contributed by atoms with Crippen LogP contribution in [0.15, 0.2) is 42.6 Å². The molecule has 0 saturated carbocycles. The molecule has 1 N–H and O–H groups in total. The van der Waals surface area contributed by atoms with Gasteiger partial charge >= 0.3 is 6.09 Å². The highest BCUT2D eigenvalue weighted by molar-refractivity contribution is 6.30. The predicted molar refractivity (Wildman–Crippen MR) is 127 cm³/mol. The molecule has 1 atom stereocenters. The number of likely N-dealkylation sites (tertiary alicyclic amines) is 1. The Morgan fingerprint density at radius 1 is 1.15 bits per heavy atom. The zero-order chi connectivity index (χ0) is 24.3. The van der Waals surface area contributed by atoms with E-state index in [2.05, 4.69) is 10.3 Å². The molecular formula is C25H29ClN4O4. The van der Waals surface area contributed by atoms with Crippen molar-refractivity contribution < 1.29 is 19.1 Å². The first kappa shape index (κ1) is 24.2. The van der Waals surface area contributed by atoms with Gasteiger partial charge < -0.3 is 10.1 Å². The third-order valence-electron chi connectivity index (χ3n) is 6.18. The number of hydrogen-bond donors (Lipinski definition) is 1. The number of piperazine rings is 1. The molecule has 4 rings (SSSR count). The van der Waals surface area contributed by atoms with Gasteiger partial charge in [-0.15, -0.1) is 0 Å². The Bertz CT molecular complexity index is 1040. The minimum atomic E-state index is -0.442. The number of nitrogens with one attached hydrogen (secondary N) is 1. The van der Waals surface area contributed by atoms with Crippen LogP contribution in [0.25, 0.3) is 0 Å². The summed E-state index contributed by atoms with van der Waals surface area (Å²) in [7, 11) is 0. The third kappa shape index (κ3) is 5.74. The minimum absolute atomic E-state index is 0.118. The van der Waals surface area contributed by atoms with Crippen LogP contribution < -0.4 is 10.1 Å². The van der Waals surface area contributed by atoms with E-state index in [1.54, 1.807) is 29.3 Å². The Kier molecular flexibility index (Phi) is 7.19. The molecule has 1 aromatic heterocycles. The van der Waals surface area contributed by atoms with E-state index in [0.29, 0.717) is 56.2 Å². The number of imide groups is 1. The lowest BCUT2D eigenvalue weighted by atomic mass is 9.81. The van der Waals surface area contributed by atoms with E-state index in [0.717, 1.165) is 11.3 Å². The van der Waals surface area contributed by atoms with Crippen LogP contribution in [0.1, 0.15) is 44.0 Å². The average Bonchev–Trinajstić information content (AvgIpc) is 2.79. The third-order valence-corrected chi connectivity index (χ3v) is 6.41. The molecule has 2 fully saturated rings. The van der Waals surface area contributed by atoms with E-state index in [1.807, 2.05) is 32.0 Å². The number of pyridine rings is 1. The van der Waals surface area contributed by atoms with Crippen LogP contribution in [-0.2, 0) is 16.0 Å². The highest BCUT2D eigenvalue weighted by Gasteiger charge is 2.37. The molecule has 3 heterocycles. The minimum Gasteiger partial charge on any atom is -0.410 e. The number of nitrogens with zero attached hydrogens (tertiary/aromatic N) is 3. The van der Waals surface area contributed by atoms with Gasteiger partial charge in [-0.05, 0) is 41.7 Å². The summed E-state index contributed by atoms with van der Waals surface area (Å²) in [5, 5.41) is 3.82. The summed E-state index contributed by atoms with van der Waals surface area (Å²) < 4.78 is 5.62. The van der Waals surface area contributed by atoms with Crippen LogP contribution in [0.2, 0.25) is 5.02 Å². The van der Waals surface area contributed by atoms with Crippen LogP contribution >= 0.6 is 11.6 Å². The molecule has 0 radical (unpaired) electrons. The van der Waals surface area contributed by atoms with Crippen molar-refractivity contribution in [3.63, 3.8) is 0 Å². The van der Waals surface area contributed by atoms with Crippen molar-refractivity contribution in [3.8, 4) is 5.75 Å². The molecule has 2 aliphatic heterocycles. The van der Waals surface area contributed by atoms with E-state index < -0.39 is 6.09 Å². The van der Waals surface area contributed by atoms with Gasteiger partial charge in [-0.25, -0.2) is 4.79 Å². The maximum atomic E-state index is 12.9. The number of benzene rings is 1. The fourth-order valence-electron chi connectivity index (χ4n) is 4.36. The molecule has 0 aliphatic carbocycles. The molecule has 3 amide bonds. The first-order valence-corrected chi connectivity index (χ1v) is 11.8. The fraction of sp³-hybridized carbons (Fsp3) is 0.440. The Morgan fingerprint density at radius 2 is 1.85 bits per heavy atom. The van der Waals surface area contributed by atoms with Gasteiger partial charge in [-0.3, -0.25) is 24.4 Å². The summed E-state index contributed by atoms with van der Waals surface area (Å²) in [4.78, 5) is 45.0. The summed E-state index contributed by atoms with van der Waals surface area (Å²) in [6.07, 6.45) is 2.44. The first-order chi connectivity index (χ1) is 16.2. The van der Waals surface area contributed by atoms with Crippen molar-refractivity contribution in [2.45, 2.75) is 39.2 Å². The Hall–Kier alpha value is -2.97. The fourth-order valence-corrected chi connectivity index (χ4v) is 4.47. The van der Waals surface area contributed by atoms with E-state index in [1.165, 1.54) is 4.90 Å². The number of hydrogen-bond acceptors (Lipinski definition) is 6. The molecule has 9 heteroatoms. The average molecular weight is 485 g/mol. The van der Waals surface area contributed by atoms with Crippen LogP contribution in [0.5, 0.6) is 5.75 Å². The normalized spacial score (nSPS) is 20.4. The molecule has 180 valence electrons. The lowest BCUT2D eigenvalue weighted by molar-refractivity contribution is -0.152. The number of ether oxygens (including phenoxy) is 1. The van der Waals surface area contributed by atoms with Gasteiger partial charge in [-0.2, -0.15) is 0 Å². The molecule has 0 bridgehead atoms. The summed E-state index contributed by atoms with van der Waals surface area (Å²) in [5.41, 5.74) is 1.42. The van der Waals surface area contributed by atoms with Gasteiger partial charge in [0.05, 0.1) is 16.8 Å². The van der Waals surface area contributed by atoms with Crippen molar-refractivity contribution in [3.05, 3.63) is 58.9 Å². The van der Waals surface area contributed by atoms with E-state index >= 15 is 0 Å². The lowest BCUT2D eigenvalue weighted by Gasteiger charge is -2.35. The molecule has 2 aliphatic rings. The van der Waals surface area contributed by atoms with Crippen LogP contribution in [0.4, 0.5) is 4.79 Å². The number of rotatable bonds is 5. The standard InChI is InChI=1S/C25H29ClN4O4/c1-25(2)13-22(31)30(23(32)14-25)11-9-17-3-6-19(7-4-17)34-24(33)29-12-10-27-16-21(29)20-8-5-18(26)15-28-20/h3-8,15,21,27H,9-14,16H2,1-2H3. The van der Waals surface area contributed by atoms with E-state index in [-0.39, 0.29) is 23.3 Å². The van der Waals surface area contributed by atoms with E-state index in [9.17, 15) is 14.4 Å². The zero-order valence-electron chi connectivity index (χ0n) is 19.4. The number of piperidine rings is 1. The Labute approximate surface area is 204 Å². The second-order valence-electron chi connectivity index (χ2n) is 9.53. The largest absolute Gasteiger partial charge is 0.415 e. The van der Waals surface area contributed by atoms with Crippen LogP contribution in [-0.4, -0.2) is 58.9 Å². The predicted octanol–water partition coefficient (Wildman–Crippen LogP) is 3.60. The van der Waals surface area contributed by atoms with Crippen LogP contribution in [0.3, 0.4) is 0 Å². The molecular weight excluding hydrogens is 456 g/mol. The van der Waals surface area contributed by atoms with Gasteiger partial charge in [0, 0.05) is 45.2 Å². The molecule has 1 unspecified atom stereocenters. The SMILES string of the molecule is CC1(C)CC(=O)N(CCc2ccc(OC(=O)N3CCNCC3c3ccc(Cl)cn3)cc2)C(=O)C1. The Morgan fingerprint density at radius 3 is 2.50 bits per heavy atom. The van der Waals surface area contributed by atoms with Gasteiger partial charge in [0.25, 0.3) is 0 Å². The number of carbonyl (C=O) groups excluding carboxylic acids is 3. The summed E-state index contributed by atoms with van der Waals surface area (Å²) in [6.45, 7) is 5.98. The number of halogens is 1. The Balaban J connectivity index is 1.34. The summed E-state index contributed by atoms with van der Waals surface area (Å²) in [5.74, 6) is 0.196. The van der Waals surface area contributed by atoms with Gasteiger partial charge in [0.1, 0.15) is 5.75 Å². The monoisotopic (exact) mass is 484 g/mol. The topological polar surface area (TPSA) is 91.8 Å². The maximum Gasteiger partial charge on any atom is 0.415 e.